The normalized spacial score (nSPS) is 23.2. The zero-order valence-electron chi connectivity index (χ0n) is 10.9. The van der Waals surface area contributed by atoms with E-state index in [4.69, 9.17) is 0 Å². The lowest BCUT2D eigenvalue weighted by molar-refractivity contribution is 0.413. The van der Waals surface area contributed by atoms with Gasteiger partial charge in [0.1, 0.15) is 0 Å². The lowest BCUT2D eigenvalue weighted by Crippen LogP contribution is -2.37. The number of halogens is 3. The van der Waals surface area contributed by atoms with Gasteiger partial charge in [0.25, 0.3) is 0 Å². The lowest BCUT2D eigenvalue weighted by atomic mass is 10.1. The molecule has 0 saturated heterocycles. The quantitative estimate of drug-likeness (QED) is 0.816. The van der Waals surface area contributed by atoms with E-state index in [1.54, 1.807) is 0 Å². The molecule has 0 radical (unpaired) electrons. The number of hydrogen-bond acceptors (Lipinski definition) is 1. The van der Waals surface area contributed by atoms with E-state index in [2.05, 4.69) is 26.1 Å². The van der Waals surface area contributed by atoms with E-state index in [0.29, 0.717) is 11.5 Å². The molecule has 18 heavy (non-hydrogen) atoms. The van der Waals surface area contributed by atoms with Gasteiger partial charge in [0.15, 0.2) is 17.5 Å². The van der Waals surface area contributed by atoms with Crippen LogP contribution in [0.5, 0.6) is 0 Å². The van der Waals surface area contributed by atoms with Crippen LogP contribution in [0.3, 0.4) is 0 Å². The van der Waals surface area contributed by atoms with Crippen LogP contribution in [0.25, 0.3) is 0 Å². The van der Waals surface area contributed by atoms with Crippen LogP contribution >= 0.6 is 0 Å². The molecule has 100 valence electrons. The summed E-state index contributed by atoms with van der Waals surface area (Å²) in [6.45, 7) is 7.03. The Morgan fingerprint density at radius 2 is 1.72 bits per heavy atom. The molecule has 0 spiro atoms. The SMILES string of the molecule is CC(C)(C)NCC1CC1c1cc(F)c(F)c(F)c1. The largest absolute Gasteiger partial charge is 0.312 e. The van der Waals surface area contributed by atoms with E-state index in [0.717, 1.165) is 25.1 Å². The Morgan fingerprint density at radius 1 is 1.17 bits per heavy atom. The summed E-state index contributed by atoms with van der Waals surface area (Å²) >= 11 is 0. The Hall–Kier alpha value is -1.03. The number of benzene rings is 1. The minimum Gasteiger partial charge on any atom is -0.312 e. The zero-order valence-corrected chi connectivity index (χ0v) is 10.9. The van der Waals surface area contributed by atoms with Crippen LogP contribution in [0, 0.1) is 23.4 Å². The maximum atomic E-state index is 13.1. The third kappa shape index (κ3) is 3.05. The Morgan fingerprint density at radius 3 is 2.22 bits per heavy atom. The summed E-state index contributed by atoms with van der Waals surface area (Å²) in [6, 6.07) is 2.22. The molecule has 1 aliphatic rings. The molecular weight excluding hydrogens is 239 g/mol. The van der Waals surface area contributed by atoms with Crippen molar-refractivity contribution in [1.29, 1.82) is 0 Å². The predicted octanol–water partition coefficient (Wildman–Crippen LogP) is 3.60. The average Bonchev–Trinajstić information content (AvgIpc) is 3.01. The fraction of sp³-hybridized carbons (Fsp3) is 0.571. The fourth-order valence-electron chi connectivity index (χ4n) is 2.11. The van der Waals surface area contributed by atoms with Crippen LogP contribution in [-0.4, -0.2) is 12.1 Å². The first-order chi connectivity index (χ1) is 8.28. The van der Waals surface area contributed by atoms with Gasteiger partial charge >= 0.3 is 0 Å². The highest BCUT2D eigenvalue weighted by Crippen LogP contribution is 2.47. The summed E-state index contributed by atoms with van der Waals surface area (Å²) in [5, 5.41) is 3.36. The molecule has 2 unspecified atom stereocenters. The Labute approximate surface area is 105 Å². The molecule has 1 saturated carbocycles. The molecule has 1 aromatic rings. The standard InChI is InChI=1S/C14H18F3N/c1-14(2,3)18-7-9-4-10(9)8-5-11(15)13(17)12(16)6-8/h5-6,9-10,18H,4,7H2,1-3H3. The zero-order chi connectivity index (χ0) is 13.5. The first kappa shape index (κ1) is 13.4. The molecule has 0 bridgehead atoms. The van der Waals surface area contributed by atoms with E-state index in [-0.39, 0.29) is 11.5 Å². The third-order valence-corrected chi connectivity index (χ3v) is 3.25. The summed E-state index contributed by atoms with van der Waals surface area (Å²) < 4.78 is 39.0. The monoisotopic (exact) mass is 257 g/mol. The lowest BCUT2D eigenvalue weighted by Gasteiger charge is -2.20. The van der Waals surface area contributed by atoms with Crippen molar-refractivity contribution in [2.45, 2.75) is 38.6 Å². The van der Waals surface area contributed by atoms with Crippen LogP contribution in [0.1, 0.15) is 38.7 Å². The topological polar surface area (TPSA) is 12.0 Å². The fourth-order valence-corrected chi connectivity index (χ4v) is 2.11. The van der Waals surface area contributed by atoms with Crippen LogP contribution in [-0.2, 0) is 0 Å². The molecule has 0 aliphatic heterocycles. The van der Waals surface area contributed by atoms with Gasteiger partial charge in [0, 0.05) is 5.54 Å². The average molecular weight is 257 g/mol. The van der Waals surface area contributed by atoms with E-state index in [9.17, 15) is 13.2 Å². The van der Waals surface area contributed by atoms with Crippen LogP contribution < -0.4 is 5.32 Å². The first-order valence-corrected chi connectivity index (χ1v) is 6.17. The molecule has 0 aromatic heterocycles. The Kier molecular flexibility index (Phi) is 3.41. The molecule has 0 heterocycles. The van der Waals surface area contributed by atoms with Gasteiger partial charge in [-0.05, 0) is 63.3 Å². The predicted molar refractivity (Wildman–Crippen MR) is 64.9 cm³/mol. The van der Waals surface area contributed by atoms with E-state index < -0.39 is 17.5 Å². The second kappa shape index (κ2) is 4.57. The number of nitrogens with one attached hydrogen (secondary N) is 1. The highest BCUT2D eigenvalue weighted by molar-refractivity contribution is 5.28. The van der Waals surface area contributed by atoms with Gasteiger partial charge in [0.05, 0.1) is 0 Å². The molecule has 1 nitrogen and oxygen atoms in total. The Balaban J connectivity index is 1.99. The summed E-state index contributed by atoms with van der Waals surface area (Å²) in [4.78, 5) is 0. The van der Waals surface area contributed by atoms with Crippen molar-refractivity contribution < 1.29 is 13.2 Å². The maximum absolute atomic E-state index is 13.1. The van der Waals surface area contributed by atoms with Crippen LogP contribution in [0.15, 0.2) is 12.1 Å². The summed E-state index contributed by atoms with van der Waals surface area (Å²) in [7, 11) is 0. The van der Waals surface area contributed by atoms with Crippen molar-refractivity contribution in [2.24, 2.45) is 5.92 Å². The molecule has 1 fully saturated rings. The van der Waals surface area contributed by atoms with Crippen molar-refractivity contribution in [3.05, 3.63) is 35.1 Å². The maximum Gasteiger partial charge on any atom is 0.194 e. The highest BCUT2D eigenvalue weighted by atomic mass is 19.2. The van der Waals surface area contributed by atoms with E-state index in [1.807, 2.05) is 0 Å². The van der Waals surface area contributed by atoms with Crippen molar-refractivity contribution in [3.8, 4) is 0 Å². The van der Waals surface area contributed by atoms with Crippen molar-refractivity contribution >= 4 is 0 Å². The number of hydrogen-bond donors (Lipinski definition) is 1. The third-order valence-electron chi connectivity index (χ3n) is 3.25. The molecular formula is C14H18F3N. The molecule has 4 heteroatoms. The molecule has 1 aromatic carbocycles. The Bertz CT molecular complexity index is 428. The molecule has 1 aliphatic carbocycles. The summed E-state index contributed by atoms with van der Waals surface area (Å²) in [5.41, 5.74) is 0.596. The van der Waals surface area contributed by atoms with Gasteiger partial charge in [-0.3, -0.25) is 0 Å². The van der Waals surface area contributed by atoms with Crippen molar-refractivity contribution in [2.75, 3.05) is 6.54 Å². The van der Waals surface area contributed by atoms with E-state index >= 15 is 0 Å². The van der Waals surface area contributed by atoms with E-state index in [1.165, 1.54) is 0 Å². The molecule has 1 N–H and O–H groups in total. The van der Waals surface area contributed by atoms with Crippen LogP contribution in [0.2, 0.25) is 0 Å². The van der Waals surface area contributed by atoms with Gasteiger partial charge in [0.2, 0.25) is 0 Å². The number of rotatable bonds is 3. The van der Waals surface area contributed by atoms with Gasteiger partial charge < -0.3 is 5.32 Å². The molecule has 0 amide bonds. The van der Waals surface area contributed by atoms with Gasteiger partial charge in [-0.25, -0.2) is 13.2 Å². The highest BCUT2D eigenvalue weighted by Gasteiger charge is 2.39. The smallest absolute Gasteiger partial charge is 0.194 e. The summed E-state index contributed by atoms with van der Waals surface area (Å²) in [5.74, 6) is -3.06. The van der Waals surface area contributed by atoms with Crippen molar-refractivity contribution in [1.82, 2.24) is 5.32 Å². The first-order valence-electron chi connectivity index (χ1n) is 6.17. The van der Waals surface area contributed by atoms with Crippen LogP contribution in [0.4, 0.5) is 13.2 Å². The molecule has 2 rings (SSSR count). The van der Waals surface area contributed by atoms with Gasteiger partial charge in [-0.1, -0.05) is 0 Å². The van der Waals surface area contributed by atoms with Crippen molar-refractivity contribution in [3.63, 3.8) is 0 Å². The minimum absolute atomic E-state index is 0.0342. The summed E-state index contributed by atoms with van der Waals surface area (Å²) in [6.07, 6.45) is 0.896. The second-order valence-corrected chi connectivity index (χ2v) is 6.03. The van der Waals surface area contributed by atoms with Gasteiger partial charge in [-0.2, -0.15) is 0 Å². The molecule has 2 atom stereocenters. The van der Waals surface area contributed by atoms with Gasteiger partial charge in [-0.15, -0.1) is 0 Å². The minimum atomic E-state index is -1.39. The second-order valence-electron chi connectivity index (χ2n) is 6.03.